The van der Waals surface area contributed by atoms with Crippen LogP contribution < -0.4 is 0 Å². The standard InChI is InChI=1S/C12H16Cl2N2O/c1-12(17)2-4-16(5-3-12)8-9-7-15-11(14)6-10(9)13/h6-7,17H,2-5,8H2,1H3. The van der Waals surface area contributed by atoms with Crippen molar-refractivity contribution in [2.45, 2.75) is 31.9 Å². The highest BCUT2D eigenvalue weighted by molar-refractivity contribution is 6.34. The lowest BCUT2D eigenvalue weighted by molar-refractivity contribution is -0.00730. The van der Waals surface area contributed by atoms with Crippen molar-refractivity contribution in [3.8, 4) is 0 Å². The van der Waals surface area contributed by atoms with Crippen LogP contribution in [0, 0.1) is 0 Å². The first-order valence-electron chi connectivity index (χ1n) is 5.71. The van der Waals surface area contributed by atoms with Crippen molar-refractivity contribution >= 4 is 23.2 Å². The van der Waals surface area contributed by atoms with Gasteiger partial charge < -0.3 is 5.11 Å². The van der Waals surface area contributed by atoms with E-state index in [-0.39, 0.29) is 0 Å². The summed E-state index contributed by atoms with van der Waals surface area (Å²) in [5.41, 5.74) is 0.469. The fourth-order valence-corrected chi connectivity index (χ4v) is 2.41. The first-order valence-corrected chi connectivity index (χ1v) is 6.46. The molecule has 1 fully saturated rings. The number of aromatic nitrogens is 1. The Hall–Kier alpha value is -0.350. The molecule has 0 unspecified atom stereocenters. The minimum Gasteiger partial charge on any atom is -0.390 e. The molecular formula is C12H16Cl2N2O. The maximum atomic E-state index is 9.87. The molecule has 0 saturated carbocycles. The minimum atomic E-state index is -0.515. The Morgan fingerprint density at radius 3 is 2.65 bits per heavy atom. The van der Waals surface area contributed by atoms with E-state index in [1.807, 2.05) is 6.92 Å². The first kappa shape index (κ1) is 13.1. The Morgan fingerprint density at radius 1 is 1.41 bits per heavy atom. The summed E-state index contributed by atoms with van der Waals surface area (Å²) in [5.74, 6) is 0. The normalized spacial score (nSPS) is 20.5. The Labute approximate surface area is 111 Å². The fraction of sp³-hybridized carbons (Fsp3) is 0.583. The van der Waals surface area contributed by atoms with Gasteiger partial charge in [0.25, 0.3) is 0 Å². The third kappa shape index (κ3) is 3.55. The molecular weight excluding hydrogens is 259 g/mol. The Bertz CT molecular complexity index is 399. The number of pyridine rings is 1. The Morgan fingerprint density at radius 2 is 2.06 bits per heavy atom. The van der Waals surface area contributed by atoms with Gasteiger partial charge in [0.05, 0.1) is 5.60 Å². The molecule has 0 aliphatic carbocycles. The van der Waals surface area contributed by atoms with E-state index in [0.717, 1.165) is 38.0 Å². The number of hydrogen-bond acceptors (Lipinski definition) is 3. The minimum absolute atomic E-state index is 0.417. The van der Waals surface area contributed by atoms with E-state index < -0.39 is 5.60 Å². The second-order valence-corrected chi connectivity index (χ2v) is 5.67. The summed E-state index contributed by atoms with van der Waals surface area (Å²) in [5, 5.41) is 10.9. The van der Waals surface area contributed by atoms with Gasteiger partial charge >= 0.3 is 0 Å². The largest absolute Gasteiger partial charge is 0.390 e. The molecule has 1 aromatic rings. The van der Waals surface area contributed by atoms with Crippen LogP contribution in [-0.2, 0) is 6.54 Å². The number of likely N-dealkylation sites (tertiary alicyclic amines) is 1. The van der Waals surface area contributed by atoms with Gasteiger partial charge in [-0.15, -0.1) is 0 Å². The van der Waals surface area contributed by atoms with Crippen LogP contribution in [-0.4, -0.2) is 33.7 Å². The van der Waals surface area contributed by atoms with Crippen molar-refractivity contribution in [1.29, 1.82) is 0 Å². The van der Waals surface area contributed by atoms with Crippen LogP contribution in [0.1, 0.15) is 25.3 Å². The van der Waals surface area contributed by atoms with E-state index in [4.69, 9.17) is 23.2 Å². The summed E-state index contributed by atoms with van der Waals surface area (Å²) < 4.78 is 0. The Balaban J connectivity index is 1.98. The monoisotopic (exact) mass is 274 g/mol. The summed E-state index contributed by atoms with van der Waals surface area (Å²) in [6.45, 7) is 4.41. The molecule has 1 aliphatic rings. The molecule has 1 aromatic heterocycles. The summed E-state index contributed by atoms with van der Waals surface area (Å²) >= 11 is 11.9. The lowest BCUT2D eigenvalue weighted by atomic mass is 9.94. The molecule has 1 N–H and O–H groups in total. The Kier molecular flexibility index (Phi) is 3.93. The van der Waals surface area contributed by atoms with E-state index >= 15 is 0 Å². The van der Waals surface area contributed by atoms with E-state index in [2.05, 4.69) is 9.88 Å². The van der Waals surface area contributed by atoms with Gasteiger partial charge in [0.2, 0.25) is 0 Å². The molecule has 1 saturated heterocycles. The number of rotatable bonds is 2. The van der Waals surface area contributed by atoms with E-state index in [1.165, 1.54) is 0 Å². The van der Waals surface area contributed by atoms with Crippen LogP contribution >= 0.6 is 23.2 Å². The average molecular weight is 275 g/mol. The summed E-state index contributed by atoms with van der Waals surface area (Å²) in [6.07, 6.45) is 3.31. The van der Waals surface area contributed by atoms with Crippen LogP contribution in [0.2, 0.25) is 10.2 Å². The van der Waals surface area contributed by atoms with Crippen LogP contribution in [0.5, 0.6) is 0 Å². The highest BCUT2D eigenvalue weighted by Gasteiger charge is 2.27. The number of halogens is 2. The van der Waals surface area contributed by atoms with Gasteiger partial charge in [0.1, 0.15) is 5.15 Å². The molecule has 0 bridgehead atoms. The number of aliphatic hydroxyl groups is 1. The van der Waals surface area contributed by atoms with Crippen LogP contribution in [0.15, 0.2) is 12.3 Å². The maximum absolute atomic E-state index is 9.87. The van der Waals surface area contributed by atoms with Crippen molar-refractivity contribution < 1.29 is 5.11 Å². The van der Waals surface area contributed by atoms with E-state index in [0.29, 0.717) is 10.2 Å². The molecule has 17 heavy (non-hydrogen) atoms. The molecule has 2 rings (SSSR count). The summed E-state index contributed by atoms with van der Waals surface area (Å²) in [7, 11) is 0. The predicted octanol–water partition coefficient (Wildman–Crippen LogP) is 2.74. The van der Waals surface area contributed by atoms with Gasteiger partial charge in [-0.25, -0.2) is 4.98 Å². The maximum Gasteiger partial charge on any atom is 0.130 e. The first-order chi connectivity index (χ1) is 7.96. The predicted molar refractivity (Wildman–Crippen MR) is 69.4 cm³/mol. The molecule has 3 nitrogen and oxygen atoms in total. The zero-order valence-corrected chi connectivity index (χ0v) is 11.3. The highest BCUT2D eigenvalue weighted by atomic mass is 35.5. The quantitative estimate of drug-likeness (QED) is 0.843. The summed E-state index contributed by atoms with van der Waals surface area (Å²) in [6, 6.07) is 1.67. The van der Waals surface area contributed by atoms with Crippen LogP contribution in [0.4, 0.5) is 0 Å². The van der Waals surface area contributed by atoms with Crippen molar-refractivity contribution in [3.63, 3.8) is 0 Å². The van der Waals surface area contributed by atoms with E-state index in [9.17, 15) is 5.11 Å². The lowest BCUT2D eigenvalue weighted by Crippen LogP contribution is -2.42. The fourth-order valence-electron chi connectivity index (χ4n) is 1.99. The molecule has 94 valence electrons. The zero-order chi connectivity index (χ0) is 12.5. The molecule has 0 atom stereocenters. The second-order valence-electron chi connectivity index (χ2n) is 4.87. The van der Waals surface area contributed by atoms with Gasteiger partial charge in [-0.3, -0.25) is 4.90 Å². The van der Waals surface area contributed by atoms with Crippen molar-refractivity contribution in [1.82, 2.24) is 9.88 Å². The van der Waals surface area contributed by atoms with E-state index in [1.54, 1.807) is 12.3 Å². The number of piperidine rings is 1. The number of nitrogens with zero attached hydrogens (tertiary/aromatic N) is 2. The van der Waals surface area contributed by atoms with Crippen molar-refractivity contribution in [2.24, 2.45) is 0 Å². The molecule has 1 aliphatic heterocycles. The smallest absolute Gasteiger partial charge is 0.130 e. The molecule has 0 aromatic carbocycles. The third-order valence-electron chi connectivity index (χ3n) is 3.22. The number of hydrogen-bond donors (Lipinski definition) is 1. The van der Waals surface area contributed by atoms with Gasteiger partial charge in [-0.1, -0.05) is 23.2 Å². The van der Waals surface area contributed by atoms with Crippen LogP contribution in [0.3, 0.4) is 0 Å². The van der Waals surface area contributed by atoms with Gasteiger partial charge in [0.15, 0.2) is 0 Å². The molecule has 0 radical (unpaired) electrons. The SMILES string of the molecule is CC1(O)CCN(Cc2cnc(Cl)cc2Cl)CC1. The molecule has 0 amide bonds. The molecule has 5 heteroatoms. The molecule has 2 heterocycles. The van der Waals surface area contributed by atoms with Gasteiger partial charge in [0, 0.05) is 36.4 Å². The van der Waals surface area contributed by atoms with Gasteiger partial charge in [-0.05, 0) is 25.8 Å². The average Bonchev–Trinajstić information content (AvgIpc) is 2.25. The topological polar surface area (TPSA) is 36.4 Å². The summed E-state index contributed by atoms with van der Waals surface area (Å²) in [4.78, 5) is 6.31. The van der Waals surface area contributed by atoms with Crippen molar-refractivity contribution in [2.75, 3.05) is 13.1 Å². The van der Waals surface area contributed by atoms with Gasteiger partial charge in [-0.2, -0.15) is 0 Å². The lowest BCUT2D eigenvalue weighted by Gasteiger charge is -2.35. The zero-order valence-electron chi connectivity index (χ0n) is 9.79. The molecule has 0 spiro atoms. The highest BCUT2D eigenvalue weighted by Crippen LogP contribution is 2.25. The third-order valence-corrected chi connectivity index (χ3v) is 3.78. The second kappa shape index (κ2) is 5.11. The van der Waals surface area contributed by atoms with Crippen LogP contribution in [0.25, 0.3) is 0 Å². The van der Waals surface area contributed by atoms with Crippen molar-refractivity contribution in [3.05, 3.63) is 28.0 Å².